The quantitative estimate of drug-likeness (QED) is 0.208. The highest BCUT2D eigenvalue weighted by Gasteiger charge is 2.32. The highest BCUT2D eigenvalue weighted by molar-refractivity contribution is 7.22. The predicted octanol–water partition coefficient (Wildman–Crippen LogP) is 7.88. The zero-order valence-electron chi connectivity index (χ0n) is 23.7. The van der Waals surface area contributed by atoms with Crippen LogP contribution in [0.15, 0.2) is 67.1 Å². The van der Waals surface area contributed by atoms with Crippen LogP contribution in [-0.4, -0.2) is 41.4 Å². The van der Waals surface area contributed by atoms with Gasteiger partial charge in [0.05, 0.1) is 45.1 Å². The van der Waals surface area contributed by atoms with Crippen LogP contribution in [0.5, 0.6) is 0 Å². The molecule has 0 saturated carbocycles. The zero-order valence-corrected chi connectivity index (χ0v) is 25.3. The molecular weight excluding hydrogens is 570 g/mol. The van der Waals surface area contributed by atoms with E-state index in [1.807, 2.05) is 77.3 Å². The number of benzene rings is 2. The first-order valence-electron chi connectivity index (χ1n) is 13.3. The highest BCUT2D eigenvalue weighted by atomic mass is 35.5. The zero-order chi connectivity index (χ0) is 29.8. The summed E-state index contributed by atoms with van der Waals surface area (Å²) in [5.41, 5.74) is 6.38. The number of aromatic nitrogens is 5. The number of halogens is 1. The minimum absolute atomic E-state index is 0.595. The second kappa shape index (κ2) is 10.6. The van der Waals surface area contributed by atoms with Crippen LogP contribution in [0.4, 0.5) is 0 Å². The summed E-state index contributed by atoms with van der Waals surface area (Å²) in [4.78, 5) is 26.8. The van der Waals surface area contributed by atoms with E-state index in [0.29, 0.717) is 10.6 Å². The van der Waals surface area contributed by atoms with Gasteiger partial charge in [-0.15, -0.1) is 11.3 Å². The van der Waals surface area contributed by atoms with Gasteiger partial charge in [-0.05, 0) is 75.2 Å². The summed E-state index contributed by atoms with van der Waals surface area (Å²) < 4.78 is 8.78. The lowest BCUT2D eigenvalue weighted by molar-refractivity contribution is -0.160. The smallest absolute Gasteiger partial charge is 0.337 e. The molecule has 2 aromatic carbocycles. The Morgan fingerprint density at radius 1 is 1.02 bits per heavy atom. The van der Waals surface area contributed by atoms with E-state index in [0.717, 1.165) is 59.8 Å². The van der Waals surface area contributed by atoms with Crippen molar-refractivity contribution in [1.82, 2.24) is 24.7 Å². The van der Waals surface area contributed by atoms with Crippen LogP contribution >= 0.6 is 22.9 Å². The molecule has 4 aromatic heterocycles. The molecule has 0 aliphatic rings. The Morgan fingerprint density at radius 3 is 2.48 bits per heavy atom. The monoisotopic (exact) mass is 597 g/mol. The van der Waals surface area contributed by atoms with E-state index in [1.165, 1.54) is 11.3 Å². The Morgan fingerprint density at radius 2 is 1.76 bits per heavy atom. The van der Waals surface area contributed by atoms with Gasteiger partial charge in [-0.1, -0.05) is 23.7 Å². The van der Waals surface area contributed by atoms with Gasteiger partial charge in [0.1, 0.15) is 5.01 Å². The summed E-state index contributed by atoms with van der Waals surface area (Å²) >= 11 is 7.73. The minimum atomic E-state index is -1.17. The number of carboxylic acids is 1. The third-order valence-electron chi connectivity index (χ3n) is 6.92. The molecule has 6 aromatic rings. The number of carboxylic acid groups (broad SMARTS) is 1. The molecule has 6 rings (SSSR count). The number of pyridine rings is 2. The number of carbonyl (C=O) groups is 1. The molecule has 4 heterocycles. The van der Waals surface area contributed by atoms with E-state index >= 15 is 0 Å². The van der Waals surface area contributed by atoms with Gasteiger partial charge < -0.3 is 9.84 Å². The van der Waals surface area contributed by atoms with Gasteiger partial charge in [-0.25, -0.2) is 9.78 Å². The SMILES string of the molecule is Cc1cc2nc(-c3ccnc(-c4cc5cnn(C)c5cn4)c3)sc2c(-c2ccc(Cl)cc2)c1C(OC(C)(C)C)C(=O)O. The third-order valence-corrected chi connectivity index (χ3v) is 8.31. The summed E-state index contributed by atoms with van der Waals surface area (Å²) in [5, 5.41) is 17.0. The average Bonchev–Trinajstić information content (AvgIpc) is 3.54. The van der Waals surface area contributed by atoms with Gasteiger partial charge in [0.15, 0.2) is 6.10 Å². The number of ether oxygens (including phenoxy) is 1. The number of fused-ring (bicyclic) bond motifs is 2. The van der Waals surface area contributed by atoms with Crippen molar-refractivity contribution in [2.75, 3.05) is 0 Å². The number of hydrogen-bond acceptors (Lipinski definition) is 7. The lowest BCUT2D eigenvalue weighted by Gasteiger charge is -2.28. The van der Waals surface area contributed by atoms with E-state index in [1.54, 1.807) is 29.2 Å². The first kappa shape index (κ1) is 28.0. The standard InChI is InChI=1S/C32H28ClN5O3S/c1-17-12-24-29(27(18-6-8-21(33)9-7-18)26(17)28(31(39)40)41-32(2,3)4)42-30(37-24)19-10-11-34-22(13-19)23-14-20-15-36-38(5)25(20)16-35-23/h6-16,28H,1-5H3,(H,39,40). The number of nitrogens with zero attached hydrogens (tertiary/aromatic N) is 5. The average molecular weight is 598 g/mol. The predicted molar refractivity (Wildman–Crippen MR) is 167 cm³/mol. The molecule has 0 aliphatic carbocycles. The van der Waals surface area contributed by atoms with Crippen LogP contribution in [0, 0.1) is 6.92 Å². The second-order valence-corrected chi connectivity index (χ2v) is 12.6. The third kappa shape index (κ3) is 5.27. The molecular formula is C32H28ClN5O3S. The van der Waals surface area contributed by atoms with Crippen molar-refractivity contribution in [3.63, 3.8) is 0 Å². The van der Waals surface area contributed by atoms with E-state index in [-0.39, 0.29) is 0 Å². The first-order valence-corrected chi connectivity index (χ1v) is 14.5. The van der Waals surface area contributed by atoms with Gasteiger partial charge in [0.25, 0.3) is 0 Å². The summed E-state index contributed by atoms with van der Waals surface area (Å²) in [6, 6.07) is 15.2. The summed E-state index contributed by atoms with van der Waals surface area (Å²) in [7, 11) is 1.88. The van der Waals surface area contributed by atoms with Crippen molar-refractivity contribution < 1.29 is 14.6 Å². The van der Waals surface area contributed by atoms with Crippen molar-refractivity contribution in [1.29, 1.82) is 0 Å². The normalized spacial score (nSPS) is 12.7. The van der Waals surface area contributed by atoms with Crippen LogP contribution in [0.3, 0.4) is 0 Å². The second-order valence-electron chi connectivity index (χ2n) is 11.1. The number of rotatable bonds is 6. The van der Waals surface area contributed by atoms with E-state index in [2.05, 4.69) is 15.1 Å². The maximum absolute atomic E-state index is 12.6. The van der Waals surface area contributed by atoms with Crippen molar-refractivity contribution in [2.45, 2.75) is 39.4 Å². The van der Waals surface area contributed by atoms with Crippen molar-refractivity contribution in [3.05, 3.63) is 83.3 Å². The number of hydrogen-bond donors (Lipinski definition) is 1. The number of thiazole rings is 1. The van der Waals surface area contributed by atoms with Crippen LogP contribution in [0.2, 0.25) is 5.02 Å². The van der Waals surface area contributed by atoms with Crippen molar-refractivity contribution in [3.8, 4) is 33.1 Å². The fourth-order valence-electron chi connectivity index (χ4n) is 5.05. The maximum atomic E-state index is 12.6. The Hall–Kier alpha value is -4.18. The van der Waals surface area contributed by atoms with Crippen LogP contribution in [0.25, 0.3) is 54.2 Å². The lowest BCUT2D eigenvalue weighted by Crippen LogP contribution is -2.28. The maximum Gasteiger partial charge on any atom is 0.337 e. The molecule has 212 valence electrons. The molecule has 0 amide bonds. The van der Waals surface area contributed by atoms with Crippen LogP contribution < -0.4 is 0 Å². The number of aliphatic carboxylic acids is 1. The Bertz CT molecular complexity index is 1980. The van der Waals surface area contributed by atoms with Crippen LogP contribution in [-0.2, 0) is 16.6 Å². The minimum Gasteiger partial charge on any atom is -0.479 e. The van der Waals surface area contributed by atoms with E-state index < -0.39 is 17.7 Å². The molecule has 10 heteroatoms. The molecule has 0 bridgehead atoms. The molecule has 0 fully saturated rings. The fourth-order valence-corrected chi connectivity index (χ4v) is 6.30. The molecule has 42 heavy (non-hydrogen) atoms. The molecule has 1 unspecified atom stereocenters. The molecule has 0 saturated heterocycles. The molecule has 0 spiro atoms. The lowest BCUT2D eigenvalue weighted by atomic mass is 9.91. The summed E-state index contributed by atoms with van der Waals surface area (Å²) in [6.45, 7) is 7.46. The molecule has 8 nitrogen and oxygen atoms in total. The van der Waals surface area contributed by atoms with E-state index in [9.17, 15) is 9.90 Å². The largest absolute Gasteiger partial charge is 0.479 e. The van der Waals surface area contributed by atoms with Crippen molar-refractivity contribution >= 4 is 50.0 Å². The van der Waals surface area contributed by atoms with E-state index in [4.69, 9.17) is 21.3 Å². The molecule has 0 radical (unpaired) electrons. The summed E-state index contributed by atoms with van der Waals surface area (Å²) in [6.07, 6.45) is 4.18. The topological polar surface area (TPSA) is 103 Å². The summed E-state index contributed by atoms with van der Waals surface area (Å²) in [5.74, 6) is -1.05. The number of aryl methyl sites for hydroxylation is 2. The Labute approximate surface area is 251 Å². The van der Waals surface area contributed by atoms with Gasteiger partial charge in [-0.3, -0.25) is 14.6 Å². The Balaban J connectivity index is 1.53. The van der Waals surface area contributed by atoms with Gasteiger partial charge in [-0.2, -0.15) is 5.10 Å². The van der Waals surface area contributed by atoms with Gasteiger partial charge in [0, 0.05) is 40.3 Å². The highest BCUT2D eigenvalue weighted by Crippen LogP contribution is 2.44. The Kier molecular flexibility index (Phi) is 7.04. The van der Waals surface area contributed by atoms with Gasteiger partial charge >= 0.3 is 5.97 Å². The molecule has 0 aliphatic heterocycles. The van der Waals surface area contributed by atoms with Crippen LogP contribution in [0.1, 0.15) is 38.0 Å². The van der Waals surface area contributed by atoms with Gasteiger partial charge in [0.2, 0.25) is 0 Å². The molecule has 1 N–H and O–H groups in total. The first-order chi connectivity index (χ1) is 20.0. The molecule has 1 atom stereocenters. The van der Waals surface area contributed by atoms with Crippen molar-refractivity contribution in [2.24, 2.45) is 7.05 Å². The fraction of sp³-hybridized carbons (Fsp3) is 0.219.